The van der Waals surface area contributed by atoms with E-state index < -0.39 is 35.1 Å². The number of fused-ring (bicyclic) bond motifs is 1. The number of carbonyl (C=O) groups is 3. The maximum atomic E-state index is 14.4. The fourth-order valence-corrected chi connectivity index (χ4v) is 7.70. The molecule has 41 heavy (non-hydrogen) atoms. The van der Waals surface area contributed by atoms with Crippen molar-refractivity contribution in [2.75, 3.05) is 46.0 Å². The highest BCUT2D eigenvalue weighted by Gasteiger charge is 2.80. The van der Waals surface area contributed by atoms with Gasteiger partial charge in [0.15, 0.2) is 0 Å². The van der Waals surface area contributed by atoms with Crippen molar-refractivity contribution in [1.29, 1.82) is 0 Å². The summed E-state index contributed by atoms with van der Waals surface area (Å²) in [5, 5.41) is 16.6. The van der Waals surface area contributed by atoms with Gasteiger partial charge < -0.3 is 30.1 Å². The van der Waals surface area contributed by atoms with Crippen molar-refractivity contribution < 1.29 is 29.0 Å². The lowest BCUT2D eigenvalue weighted by Gasteiger charge is -2.39. The first-order valence-corrected chi connectivity index (χ1v) is 15.2. The molecule has 10 nitrogen and oxygen atoms in total. The van der Waals surface area contributed by atoms with Crippen molar-refractivity contribution in [2.24, 2.45) is 23.7 Å². The Labute approximate surface area is 243 Å². The molecule has 226 valence electrons. The average molecular weight is 571 g/mol. The van der Waals surface area contributed by atoms with E-state index in [1.165, 1.54) is 0 Å². The van der Waals surface area contributed by atoms with Crippen LogP contribution in [0.25, 0.3) is 0 Å². The monoisotopic (exact) mass is 570 g/mol. The number of benzene rings is 1. The van der Waals surface area contributed by atoms with Gasteiger partial charge in [-0.25, -0.2) is 0 Å². The van der Waals surface area contributed by atoms with Crippen molar-refractivity contribution in [2.45, 2.75) is 70.4 Å². The largest absolute Gasteiger partial charge is 0.394 e. The van der Waals surface area contributed by atoms with E-state index in [-0.39, 0.29) is 36.2 Å². The van der Waals surface area contributed by atoms with Gasteiger partial charge in [0.25, 0.3) is 0 Å². The van der Waals surface area contributed by atoms with Gasteiger partial charge in [-0.3, -0.25) is 19.3 Å². The number of hydrogen-bond acceptors (Lipinski definition) is 7. The second-order valence-electron chi connectivity index (χ2n) is 12.5. The summed E-state index contributed by atoms with van der Waals surface area (Å²) in [5.41, 5.74) is -1.05. The van der Waals surface area contributed by atoms with Crippen LogP contribution in [0.1, 0.15) is 46.1 Å². The number of amides is 3. The Balaban J connectivity index is 1.44. The van der Waals surface area contributed by atoms with E-state index in [2.05, 4.69) is 15.5 Å². The second-order valence-corrected chi connectivity index (χ2v) is 12.5. The topological polar surface area (TPSA) is 120 Å². The summed E-state index contributed by atoms with van der Waals surface area (Å²) in [4.78, 5) is 46.2. The number of carbonyl (C=O) groups excluding carboxylic acids is 3. The van der Waals surface area contributed by atoms with E-state index >= 15 is 0 Å². The van der Waals surface area contributed by atoms with Crippen molar-refractivity contribution in [3.8, 4) is 0 Å². The summed E-state index contributed by atoms with van der Waals surface area (Å²) < 4.78 is 12.2. The zero-order valence-electron chi connectivity index (χ0n) is 24.8. The fourth-order valence-electron chi connectivity index (χ4n) is 7.70. The molecule has 3 unspecified atom stereocenters. The molecule has 1 aromatic rings. The van der Waals surface area contributed by atoms with Gasteiger partial charge in [-0.15, -0.1) is 0 Å². The number of morpholine rings is 1. The van der Waals surface area contributed by atoms with Crippen LogP contribution >= 0.6 is 0 Å². The van der Waals surface area contributed by atoms with Crippen molar-refractivity contribution in [3.63, 3.8) is 0 Å². The lowest BCUT2D eigenvalue weighted by atomic mass is 9.62. The summed E-state index contributed by atoms with van der Waals surface area (Å²) in [6.07, 6.45) is 1.23. The molecule has 4 saturated heterocycles. The van der Waals surface area contributed by atoms with Gasteiger partial charge in [-0.1, -0.05) is 57.5 Å². The molecule has 2 bridgehead atoms. The molecule has 1 aromatic carbocycles. The first-order valence-electron chi connectivity index (χ1n) is 15.2. The van der Waals surface area contributed by atoms with Crippen LogP contribution in [-0.2, 0) is 30.4 Å². The molecule has 1 spiro atoms. The first-order chi connectivity index (χ1) is 19.7. The van der Waals surface area contributed by atoms with Gasteiger partial charge >= 0.3 is 0 Å². The van der Waals surface area contributed by atoms with Crippen molar-refractivity contribution in [3.05, 3.63) is 35.9 Å². The van der Waals surface area contributed by atoms with Gasteiger partial charge in [0.1, 0.15) is 11.6 Å². The van der Waals surface area contributed by atoms with E-state index in [0.717, 1.165) is 25.1 Å². The zero-order chi connectivity index (χ0) is 29.4. The van der Waals surface area contributed by atoms with Gasteiger partial charge in [0.05, 0.1) is 43.3 Å². The maximum Gasteiger partial charge on any atom is 0.245 e. The van der Waals surface area contributed by atoms with Crippen LogP contribution in [0.2, 0.25) is 0 Å². The molecular formula is C31H46N4O6. The minimum atomic E-state index is -1.13. The van der Waals surface area contributed by atoms with E-state index in [4.69, 9.17) is 9.47 Å². The molecule has 4 heterocycles. The molecular weight excluding hydrogens is 524 g/mol. The van der Waals surface area contributed by atoms with E-state index in [1.54, 1.807) is 4.90 Å². The van der Waals surface area contributed by atoms with Crippen LogP contribution in [-0.4, -0.2) is 102 Å². The molecule has 0 aromatic heterocycles. The summed E-state index contributed by atoms with van der Waals surface area (Å²) in [6.45, 7) is 12.1. The third-order valence-electron chi connectivity index (χ3n) is 10.3. The van der Waals surface area contributed by atoms with Crippen LogP contribution in [0.3, 0.4) is 0 Å². The number of aliphatic hydroxyl groups is 1. The minimum Gasteiger partial charge on any atom is -0.394 e. The Morgan fingerprint density at radius 3 is 2.51 bits per heavy atom. The van der Waals surface area contributed by atoms with Crippen LogP contribution in [0.5, 0.6) is 0 Å². The van der Waals surface area contributed by atoms with Gasteiger partial charge in [-0.05, 0) is 30.7 Å². The minimum absolute atomic E-state index is 0.0428. The van der Waals surface area contributed by atoms with E-state index in [1.807, 2.05) is 58.0 Å². The second kappa shape index (κ2) is 12.0. The number of aliphatic hydroxyl groups excluding tert-OH is 1. The molecule has 4 aliphatic heterocycles. The van der Waals surface area contributed by atoms with Crippen LogP contribution in [0, 0.1) is 23.7 Å². The summed E-state index contributed by atoms with van der Waals surface area (Å²) >= 11 is 0. The average Bonchev–Trinajstić information content (AvgIpc) is 3.49. The molecule has 4 aliphatic rings. The number of nitrogens with one attached hydrogen (secondary N) is 2. The Morgan fingerprint density at radius 1 is 1.15 bits per heavy atom. The zero-order valence-corrected chi connectivity index (χ0v) is 24.8. The Morgan fingerprint density at radius 2 is 1.85 bits per heavy atom. The van der Waals surface area contributed by atoms with Crippen LogP contribution in [0.4, 0.5) is 0 Å². The Bertz CT molecular complexity index is 1110. The quantitative estimate of drug-likeness (QED) is 0.365. The van der Waals surface area contributed by atoms with Crippen molar-refractivity contribution in [1.82, 2.24) is 20.4 Å². The Hall–Kier alpha value is -2.53. The highest BCUT2D eigenvalue weighted by atomic mass is 16.5. The molecule has 3 amide bonds. The number of ether oxygens (including phenoxy) is 2. The normalized spacial score (nSPS) is 34.4. The predicted octanol–water partition coefficient (Wildman–Crippen LogP) is 1.17. The SMILES string of the molecule is CC[C@H](C)[C@H](CO)N1C(=O)[C@@H]2[C@H](C(=O)NCc3ccccc3)[C@@]3(C)OC2(CC3C)C1C(=O)NCCN1CCOCC1. The third kappa shape index (κ3) is 5.17. The van der Waals surface area contributed by atoms with Gasteiger partial charge in [-0.2, -0.15) is 0 Å². The van der Waals surface area contributed by atoms with E-state index in [0.29, 0.717) is 39.3 Å². The molecule has 0 radical (unpaired) electrons. The standard InChI is InChI=1S/C31H46N4O6/c1-5-20(2)23(19-36)35-26(28(38)32-11-12-34-13-15-40-16-14-34)31-17-21(3)30(4,41-31)24(25(31)29(35)39)27(37)33-18-22-9-7-6-8-10-22/h6-10,20-21,23-26,36H,5,11-19H2,1-4H3,(H,32,38)(H,33,37)/t20-,21?,23-,24+,25-,26?,30-,31?/m0/s1. The first kappa shape index (κ1) is 29.9. The molecule has 0 saturated carbocycles. The Kier molecular flexibility index (Phi) is 8.76. The van der Waals surface area contributed by atoms with E-state index in [9.17, 15) is 19.5 Å². The number of nitrogens with zero attached hydrogens (tertiary/aromatic N) is 2. The molecule has 10 heteroatoms. The number of rotatable bonds is 11. The van der Waals surface area contributed by atoms with Gasteiger partial charge in [0, 0.05) is 32.7 Å². The summed E-state index contributed by atoms with van der Waals surface area (Å²) in [7, 11) is 0. The number of hydrogen-bond donors (Lipinski definition) is 3. The van der Waals surface area contributed by atoms with Crippen LogP contribution in [0.15, 0.2) is 30.3 Å². The highest BCUT2D eigenvalue weighted by molar-refractivity contribution is 5.99. The third-order valence-corrected chi connectivity index (χ3v) is 10.3. The summed E-state index contributed by atoms with van der Waals surface area (Å²) in [5.74, 6) is -2.41. The predicted molar refractivity (Wildman–Crippen MR) is 153 cm³/mol. The molecule has 0 aliphatic carbocycles. The molecule has 3 N–H and O–H groups in total. The molecule has 5 rings (SSSR count). The lowest BCUT2D eigenvalue weighted by molar-refractivity contribution is -0.152. The maximum absolute atomic E-state index is 14.4. The molecule has 4 fully saturated rings. The van der Waals surface area contributed by atoms with Crippen LogP contribution < -0.4 is 10.6 Å². The highest BCUT2D eigenvalue weighted by Crippen LogP contribution is 2.65. The van der Waals surface area contributed by atoms with Crippen molar-refractivity contribution >= 4 is 17.7 Å². The molecule has 8 atom stereocenters. The van der Waals surface area contributed by atoms with Gasteiger partial charge in [0.2, 0.25) is 17.7 Å². The number of likely N-dealkylation sites (tertiary alicyclic amines) is 1. The fraction of sp³-hybridized carbons (Fsp3) is 0.710. The smallest absolute Gasteiger partial charge is 0.245 e. The summed E-state index contributed by atoms with van der Waals surface area (Å²) in [6, 6.07) is 8.18. The lowest BCUT2D eigenvalue weighted by Crippen LogP contribution is -2.59.